The number of aromatic amines is 1. The molecule has 2 N–H and O–H groups in total. The number of nitrogens with zero attached hydrogens (tertiary/aromatic N) is 2. The highest BCUT2D eigenvalue weighted by atomic mass is 16.5. The fraction of sp³-hybridized carbons (Fsp3) is 0.571. The number of aliphatic carboxylic acids is 1. The van der Waals surface area contributed by atoms with Gasteiger partial charge in [-0.3, -0.25) is 14.9 Å². The van der Waals surface area contributed by atoms with Crippen LogP contribution in [0.1, 0.15) is 51.4 Å². The van der Waals surface area contributed by atoms with Crippen molar-refractivity contribution in [1.82, 2.24) is 15.2 Å². The average molecular weight is 369 g/mol. The fourth-order valence-electron chi connectivity index (χ4n) is 4.79. The quantitative estimate of drug-likeness (QED) is 0.610. The molecule has 0 spiro atoms. The van der Waals surface area contributed by atoms with Crippen LogP contribution in [0.15, 0.2) is 30.6 Å². The normalized spacial score (nSPS) is 25.9. The maximum absolute atomic E-state index is 11.3. The van der Waals surface area contributed by atoms with E-state index in [-0.39, 0.29) is 5.41 Å². The van der Waals surface area contributed by atoms with E-state index in [1.54, 1.807) is 12.4 Å². The monoisotopic (exact) mass is 369 g/mol. The third-order valence-electron chi connectivity index (χ3n) is 6.33. The predicted molar refractivity (Wildman–Crippen MR) is 101 cm³/mol. The van der Waals surface area contributed by atoms with Crippen molar-refractivity contribution < 1.29 is 14.6 Å². The van der Waals surface area contributed by atoms with E-state index < -0.39 is 5.97 Å². The molecule has 2 aromatic rings. The Bertz CT molecular complexity index is 751. The molecule has 144 valence electrons. The number of rotatable bonds is 10. The smallest absolute Gasteiger partial charge is 0.309 e. The first-order chi connectivity index (χ1) is 13.2. The van der Waals surface area contributed by atoms with Crippen molar-refractivity contribution in [2.24, 2.45) is 17.3 Å². The van der Waals surface area contributed by atoms with Gasteiger partial charge in [-0.1, -0.05) is 25.7 Å². The number of fused-ring (bicyclic) bond motifs is 1. The zero-order valence-electron chi connectivity index (χ0n) is 15.6. The lowest BCUT2D eigenvalue weighted by atomic mass is 9.69. The summed E-state index contributed by atoms with van der Waals surface area (Å²) in [4.78, 5) is 15.7. The lowest BCUT2D eigenvalue weighted by Gasteiger charge is -2.34. The highest BCUT2D eigenvalue weighted by molar-refractivity contribution is 5.76. The molecule has 2 aromatic heterocycles. The van der Waals surface area contributed by atoms with E-state index in [9.17, 15) is 9.90 Å². The number of carboxylic acids is 1. The highest BCUT2D eigenvalue weighted by Gasteiger charge is 2.59. The maximum atomic E-state index is 11.3. The summed E-state index contributed by atoms with van der Waals surface area (Å²) >= 11 is 0. The molecule has 1 unspecified atom stereocenters. The molecule has 3 aliphatic carbocycles. The molecule has 5 rings (SSSR count). The average Bonchev–Trinajstić information content (AvgIpc) is 3.36. The van der Waals surface area contributed by atoms with Crippen LogP contribution in [0.3, 0.4) is 0 Å². The van der Waals surface area contributed by atoms with Crippen LogP contribution in [0, 0.1) is 17.3 Å². The molecule has 0 radical (unpaired) electrons. The molecule has 3 saturated carbocycles. The van der Waals surface area contributed by atoms with E-state index in [2.05, 4.69) is 15.2 Å². The van der Waals surface area contributed by atoms with Gasteiger partial charge in [-0.25, -0.2) is 0 Å². The van der Waals surface area contributed by atoms with Gasteiger partial charge >= 0.3 is 5.97 Å². The first kappa shape index (κ1) is 18.0. The molecule has 0 saturated heterocycles. The number of pyridine rings is 1. The Morgan fingerprint density at radius 1 is 1.19 bits per heavy atom. The summed E-state index contributed by atoms with van der Waals surface area (Å²) in [5.41, 5.74) is 1.41. The molecule has 0 aliphatic heterocycles. The molecule has 3 aliphatic rings. The SMILES string of the molecule is O=C(O)C12CC(CCCCCCOc3ccc(-c4ccn[nH]4)nc3)C(C1)C2. The Balaban J connectivity index is 1.08. The van der Waals surface area contributed by atoms with Gasteiger partial charge in [-0.15, -0.1) is 0 Å². The van der Waals surface area contributed by atoms with E-state index in [4.69, 9.17) is 4.74 Å². The van der Waals surface area contributed by atoms with Gasteiger partial charge in [-0.05, 0) is 55.7 Å². The standard InChI is InChI=1S/C21H27N3O3/c25-20(26)21-11-15(16(12-21)13-21)5-3-1-2-4-10-27-17-6-7-18(22-14-17)19-8-9-23-24-19/h6-9,14-16H,1-5,10-13H2,(H,23,24)(H,25,26). The van der Waals surface area contributed by atoms with Crippen LogP contribution in [0.25, 0.3) is 11.4 Å². The Labute approximate surface area is 159 Å². The molecule has 2 heterocycles. The third-order valence-corrected chi connectivity index (χ3v) is 6.33. The number of aromatic nitrogens is 3. The zero-order chi connectivity index (χ0) is 18.7. The second kappa shape index (κ2) is 7.71. The summed E-state index contributed by atoms with van der Waals surface area (Å²) in [7, 11) is 0. The summed E-state index contributed by atoms with van der Waals surface area (Å²) in [6, 6.07) is 5.76. The molecule has 0 amide bonds. The summed E-state index contributed by atoms with van der Waals surface area (Å²) in [5, 5.41) is 16.2. The van der Waals surface area contributed by atoms with Gasteiger partial charge in [0.05, 0.1) is 29.6 Å². The predicted octanol–water partition coefficient (Wildman–Crippen LogP) is 4.30. The van der Waals surface area contributed by atoms with Crippen molar-refractivity contribution in [2.45, 2.75) is 51.4 Å². The lowest BCUT2D eigenvalue weighted by molar-refractivity contribution is -0.153. The third kappa shape index (κ3) is 3.84. The molecule has 6 nitrogen and oxygen atoms in total. The molecule has 27 heavy (non-hydrogen) atoms. The molecule has 0 aromatic carbocycles. The Morgan fingerprint density at radius 2 is 2.04 bits per heavy atom. The number of carbonyl (C=O) groups is 1. The molecular weight excluding hydrogens is 342 g/mol. The van der Waals surface area contributed by atoms with E-state index >= 15 is 0 Å². The van der Waals surface area contributed by atoms with Gasteiger partial charge in [0.1, 0.15) is 5.75 Å². The second-order valence-corrected chi connectivity index (χ2v) is 8.12. The van der Waals surface area contributed by atoms with Crippen molar-refractivity contribution in [1.29, 1.82) is 0 Å². The molecule has 6 heteroatoms. The van der Waals surface area contributed by atoms with Crippen molar-refractivity contribution in [2.75, 3.05) is 6.61 Å². The Hall–Kier alpha value is -2.37. The summed E-state index contributed by atoms with van der Waals surface area (Å²) in [5.74, 6) is 1.56. The second-order valence-electron chi connectivity index (χ2n) is 8.12. The van der Waals surface area contributed by atoms with Crippen LogP contribution in [-0.4, -0.2) is 32.9 Å². The minimum absolute atomic E-state index is 0.343. The topological polar surface area (TPSA) is 88.1 Å². The van der Waals surface area contributed by atoms with E-state index in [0.29, 0.717) is 18.4 Å². The summed E-state index contributed by atoms with van der Waals surface area (Å²) in [6.07, 6.45) is 12.0. The van der Waals surface area contributed by atoms with Crippen molar-refractivity contribution >= 4 is 5.97 Å². The van der Waals surface area contributed by atoms with Gasteiger partial charge in [-0.2, -0.15) is 5.10 Å². The number of ether oxygens (including phenoxy) is 1. The number of hydrogen-bond acceptors (Lipinski definition) is 4. The van der Waals surface area contributed by atoms with Crippen LogP contribution in [0.4, 0.5) is 0 Å². The molecule has 2 bridgehead atoms. The molecular formula is C21H27N3O3. The van der Waals surface area contributed by atoms with Gasteiger partial charge in [0.25, 0.3) is 0 Å². The lowest BCUT2D eigenvalue weighted by Crippen LogP contribution is -2.36. The highest BCUT2D eigenvalue weighted by Crippen LogP contribution is 2.63. The Morgan fingerprint density at radius 3 is 2.70 bits per heavy atom. The van der Waals surface area contributed by atoms with Gasteiger partial charge in [0, 0.05) is 6.20 Å². The fourth-order valence-corrected chi connectivity index (χ4v) is 4.79. The molecule has 1 atom stereocenters. The summed E-state index contributed by atoms with van der Waals surface area (Å²) in [6.45, 7) is 0.708. The zero-order valence-corrected chi connectivity index (χ0v) is 15.6. The van der Waals surface area contributed by atoms with Crippen LogP contribution < -0.4 is 4.74 Å². The summed E-state index contributed by atoms with van der Waals surface area (Å²) < 4.78 is 5.77. The van der Waals surface area contributed by atoms with Gasteiger partial charge < -0.3 is 9.84 Å². The number of H-pyrrole nitrogens is 1. The van der Waals surface area contributed by atoms with Crippen LogP contribution in [-0.2, 0) is 4.79 Å². The Kier molecular flexibility index (Phi) is 5.14. The minimum Gasteiger partial charge on any atom is -0.492 e. The number of unbranched alkanes of at least 4 members (excludes halogenated alkanes) is 3. The molecule has 3 fully saturated rings. The van der Waals surface area contributed by atoms with E-state index in [1.807, 2.05) is 18.2 Å². The van der Waals surface area contributed by atoms with Crippen LogP contribution in [0.2, 0.25) is 0 Å². The number of hydrogen-bond donors (Lipinski definition) is 2. The number of carboxylic acid groups (broad SMARTS) is 1. The van der Waals surface area contributed by atoms with Crippen molar-refractivity contribution in [3.63, 3.8) is 0 Å². The van der Waals surface area contributed by atoms with E-state index in [1.165, 1.54) is 19.3 Å². The van der Waals surface area contributed by atoms with Crippen LogP contribution >= 0.6 is 0 Å². The largest absolute Gasteiger partial charge is 0.492 e. The van der Waals surface area contributed by atoms with Crippen molar-refractivity contribution in [3.8, 4) is 17.1 Å². The number of nitrogens with one attached hydrogen (secondary N) is 1. The van der Waals surface area contributed by atoms with Gasteiger partial charge in [0.2, 0.25) is 0 Å². The van der Waals surface area contributed by atoms with E-state index in [0.717, 1.165) is 49.2 Å². The first-order valence-electron chi connectivity index (χ1n) is 9.98. The van der Waals surface area contributed by atoms with Crippen LogP contribution in [0.5, 0.6) is 5.75 Å². The maximum Gasteiger partial charge on any atom is 0.309 e. The van der Waals surface area contributed by atoms with Crippen molar-refractivity contribution in [3.05, 3.63) is 30.6 Å². The first-order valence-corrected chi connectivity index (χ1v) is 9.98. The minimum atomic E-state index is -0.564. The van der Waals surface area contributed by atoms with Gasteiger partial charge in [0.15, 0.2) is 0 Å².